The minimum absolute atomic E-state index is 0.0579. The maximum atomic E-state index is 14.2. The molecule has 4 aliphatic carbocycles. The van der Waals surface area contributed by atoms with Gasteiger partial charge in [-0.3, -0.25) is 10.2 Å². The summed E-state index contributed by atoms with van der Waals surface area (Å²) in [6.45, 7) is 3.69. The molecule has 9 unspecified atom stereocenters. The van der Waals surface area contributed by atoms with Crippen LogP contribution in [0.2, 0.25) is 0 Å². The molecule has 0 spiro atoms. The topological polar surface area (TPSA) is 80.0 Å². The first-order valence-electron chi connectivity index (χ1n) is 14.8. The van der Waals surface area contributed by atoms with Crippen molar-refractivity contribution in [3.63, 3.8) is 0 Å². The van der Waals surface area contributed by atoms with Gasteiger partial charge >= 0.3 is 0 Å². The van der Waals surface area contributed by atoms with Gasteiger partial charge < -0.3 is 10.2 Å². The van der Waals surface area contributed by atoms with Crippen LogP contribution in [0.5, 0.6) is 0 Å². The average Bonchev–Trinajstić information content (AvgIpc) is 3.65. The second kappa shape index (κ2) is 11.8. The van der Waals surface area contributed by atoms with Crippen LogP contribution in [0.4, 0.5) is 8.78 Å². The first-order valence-corrected chi connectivity index (χ1v) is 15.7. The van der Waals surface area contributed by atoms with Gasteiger partial charge in [0.25, 0.3) is 0 Å². The van der Waals surface area contributed by atoms with Crippen molar-refractivity contribution < 1.29 is 13.6 Å². The summed E-state index contributed by atoms with van der Waals surface area (Å²) in [6.07, 6.45) is 7.13. The Balaban J connectivity index is 1.29. The van der Waals surface area contributed by atoms with Crippen molar-refractivity contribution in [3.8, 4) is 6.07 Å². The highest BCUT2D eigenvalue weighted by atomic mass is 32.2. The highest BCUT2D eigenvalue weighted by Crippen LogP contribution is 2.47. The number of thioether (sulfide) groups is 1. The summed E-state index contributed by atoms with van der Waals surface area (Å²) < 4.78 is 28.3. The Bertz CT molecular complexity index is 878. The van der Waals surface area contributed by atoms with Gasteiger partial charge in [-0.2, -0.15) is 5.26 Å². The lowest BCUT2D eigenvalue weighted by molar-refractivity contribution is -0.129. The third-order valence-corrected chi connectivity index (χ3v) is 11.2. The van der Waals surface area contributed by atoms with Crippen molar-refractivity contribution in [2.24, 2.45) is 47.3 Å². The second-order valence-electron chi connectivity index (χ2n) is 12.9. The Kier molecular flexibility index (Phi) is 8.68. The Labute approximate surface area is 225 Å². The molecule has 2 N–H and O–H groups in total. The number of hydrogen-bond donors (Lipinski definition) is 2. The highest BCUT2D eigenvalue weighted by molar-refractivity contribution is 8.14. The number of nitriles is 1. The summed E-state index contributed by atoms with van der Waals surface area (Å²) in [7, 11) is 0. The zero-order chi connectivity index (χ0) is 26.1. The van der Waals surface area contributed by atoms with Gasteiger partial charge in [0.05, 0.1) is 12.0 Å². The van der Waals surface area contributed by atoms with E-state index >= 15 is 0 Å². The molecule has 10 atom stereocenters. The predicted octanol–water partition coefficient (Wildman–Crippen LogP) is 5.95. The van der Waals surface area contributed by atoms with E-state index in [1.807, 2.05) is 6.92 Å². The lowest BCUT2D eigenvalue weighted by Gasteiger charge is -2.43. The summed E-state index contributed by atoms with van der Waals surface area (Å²) in [5.41, 5.74) is 0. The molecular formula is C29H44F2N4OS. The maximum Gasteiger partial charge on any atom is 0.223 e. The lowest BCUT2D eigenvalue weighted by Crippen LogP contribution is -2.49. The van der Waals surface area contributed by atoms with Crippen LogP contribution in [-0.4, -0.2) is 53.2 Å². The molecular weight excluding hydrogens is 490 g/mol. The number of amides is 1. The summed E-state index contributed by atoms with van der Waals surface area (Å²) >= 11 is 1.59. The highest BCUT2D eigenvalue weighted by Gasteiger charge is 2.45. The lowest BCUT2D eigenvalue weighted by atomic mass is 9.63. The number of rotatable bonds is 7. The molecule has 1 heterocycles. The zero-order valence-electron chi connectivity index (χ0n) is 22.2. The van der Waals surface area contributed by atoms with Crippen LogP contribution >= 0.6 is 11.8 Å². The van der Waals surface area contributed by atoms with Gasteiger partial charge in [0.2, 0.25) is 5.91 Å². The van der Waals surface area contributed by atoms with Gasteiger partial charge in [0.15, 0.2) is 5.17 Å². The van der Waals surface area contributed by atoms with Gasteiger partial charge in [-0.05, 0) is 106 Å². The van der Waals surface area contributed by atoms with E-state index < -0.39 is 12.3 Å². The van der Waals surface area contributed by atoms with Crippen LogP contribution in [0.3, 0.4) is 0 Å². The zero-order valence-corrected chi connectivity index (χ0v) is 23.0. The third kappa shape index (κ3) is 6.45. The van der Waals surface area contributed by atoms with E-state index in [0.717, 1.165) is 70.2 Å². The van der Waals surface area contributed by atoms with E-state index in [1.165, 1.54) is 0 Å². The van der Waals surface area contributed by atoms with Gasteiger partial charge in [-0.1, -0.05) is 18.7 Å². The molecule has 1 amide bonds. The number of amidine groups is 1. The minimum atomic E-state index is -0.886. The monoisotopic (exact) mass is 534 g/mol. The largest absolute Gasteiger partial charge is 0.353 e. The minimum Gasteiger partial charge on any atom is -0.353 e. The van der Waals surface area contributed by atoms with Crippen LogP contribution in [0.25, 0.3) is 0 Å². The van der Waals surface area contributed by atoms with E-state index in [4.69, 9.17) is 5.41 Å². The van der Waals surface area contributed by atoms with Crippen molar-refractivity contribution in [2.75, 3.05) is 18.8 Å². The second-order valence-corrected chi connectivity index (χ2v) is 14.0. The van der Waals surface area contributed by atoms with E-state index in [2.05, 4.69) is 16.3 Å². The molecule has 37 heavy (non-hydrogen) atoms. The number of carbonyl (C=O) groups excluding carboxylic acids is 1. The fraction of sp³-hybridized carbons (Fsp3) is 0.897. The van der Waals surface area contributed by atoms with Crippen molar-refractivity contribution in [1.29, 1.82) is 10.7 Å². The van der Waals surface area contributed by atoms with Gasteiger partial charge in [-0.15, -0.1) is 0 Å². The summed E-state index contributed by atoms with van der Waals surface area (Å²) in [6, 6.07) is 2.56. The smallest absolute Gasteiger partial charge is 0.223 e. The quantitative estimate of drug-likeness (QED) is 0.423. The fourth-order valence-electron chi connectivity index (χ4n) is 8.07. The van der Waals surface area contributed by atoms with E-state index in [1.54, 1.807) is 11.8 Å². The number of carbonyl (C=O) groups is 1. The number of nitrogens with zero attached hydrogens (tertiary/aromatic N) is 2. The molecule has 0 aromatic heterocycles. The maximum absolute atomic E-state index is 14.2. The molecule has 1 aliphatic heterocycles. The summed E-state index contributed by atoms with van der Waals surface area (Å²) in [5, 5.41) is 22.2. The van der Waals surface area contributed by atoms with Crippen molar-refractivity contribution in [1.82, 2.24) is 10.2 Å². The SMILES string of the molecule is CC1CC([C@@H](NC(=O)C2CC(CN3CCSC3=N)CC(C3CCC(F)CC3C#N)C2)C2CC2)CCC1F. The van der Waals surface area contributed by atoms with Crippen LogP contribution in [0.15, 0.2) is 0 Å². The van der Waals surface area contributed by atoms with Crippen molar-refractivity contribution in [3.05, 3.63) is 0 Å². The molecule has 206 valence electrons. The molecule has 4 saturated carbocycles. The molecule has 0 aromatic carbocycles. The molecule has 0 bridgehead atoms. The summed E-state index contributed by atoms with van der Waals surface area (Å²) in [5.74, 6) is 2.36. The molecule has 5 aliphatic rings. The van der Waals surface area contributed by atoms with E-state index in [9.17, 15) is 18.8 Å². The molecule has 5 fully saturated rings. The van der Waals surface area contributed by atoms with Crippen LogP contribution in [0, 0.1) is 64.1 Å². The first-order chi connectivity index (χ1) is 17.8. The van der Waals surface area contributed by atoms with Crippen molar-refractivity contribution in [2.45, 2.75) is 95.9 Å². The average molecular weight is 535 g/mol. The van der Waals surface area contributed by atoms with Gasteiger partial charge in [0.1, 0.15) is 12.3 Å². The van der Waals surface area contributed by atoms with Crippen molar-refractivity contribution >= 4 is 22.8 Å². The van der Waals surface area contributed by atoms with Gasteiger partial charge in [0, 0.05) is 30.8 Å². The molecule has 5 nitrogen and oxygen atoms in total. The molecule has 8 heteroatoms. The number of alkyl halides is 2. The Hall–Kier alpha value is -1.36. The summed E-state index contributed by atoms with van der Waals surface area (Å²) in [4.78, 5) is 16.0. The number of hydrogen-bond acceptors (Lipinski definition) is 4. The van der Waals surface area contributed by atoms with Crippen LogP contribution in [0.1, 0.15) is 77.6 Å². The number of nitrogens with one attached hydrogen (secondary N) is 2. The van der Waals surface area contributed by atoms with Crippen LogP contribution < -0.4 is 5.32 Å². The molecule has 1 saturated heterocycles. The third-order valence-electron chi connectivity index (χ3n) is 10.2. The van der Waals surface area contributed by atoms with Crippen LogP contribution in [-0.2, 0) is 4.79 Å². The Morgan fingerprint density at radius 1 is 1.11 bits per heavy atom. The molecule has 5 rings (SSSR count). The Morgan fingerprint density at radius 3 is 2.57 bits per heavy atom. The normalized spacial score (nSPS) is 41.7. The first kappa shape index (κ1) is 27.2. The predicted molar refractivity (Wildman–Crippen MR) is 143 cm³/mol. The Morgan fingerprint density at radius 2 is 1.89 bits per heavy atom. The molecule has 0 radical (unpaired) electrons. The van der Waals surface area contributed by atoms with E-state index in [-0.39, 0.29) is 41.5 Å². The van der Waals surface area contributed by atoms with E-state index in [0.29, 0.717) is 42.2 Å². The van der Waals surface area contributed by atoms with Gasteiger partial charge in [-0.25, -0.2) is 8.78 Å². The fourth-order valence-corrected chi connectivity index (χ4v) is 8.92. The number of halogens is 2. The molecule has 0 aromatic rings. The standard InChI is InChI=1S/C29H44F2N4OS/c1-17-10-20(4-7-26(17)31)27(19-2-3-19)34-28(36)22-12-18(16-35-8-9-37-29(35)33)11-21(13-22)25-6-5-24(30)14-23(25)15-32/h17-27,33H,2-14,16H2,1H3,(H,34,36)/t17?,18?,20?,21?,22?,23?,24?,25?,26?,27-/m0/s1.